The number of quaternary nitrogens is 1. The van der Waals surface area contributed by atoms with Gasteiger partial charge >= 0.3 is 11.0 Å². The summed E-state index contributed by atoms with van der Waals surface area (Å²) in [5.74, 6) is 0. The molecule has 0 saturated carbocycles. The SMILES string of the molecule is CCCCCCCC[N+](C)(C)CCO.O=S(=O)([N-]S(=O)(=O)C(F)(F)F)C(F)(F)F. The number of likely N-dealkylation sites (N-methyl/N-ethyl adjacent to an activating group) is 1. The van der Waals surface area contributed by atoms with E-state index in [4.69, 9.17) is 5.11 Å². The Morgan fingerprint density at radius 2 is 1.14 bits per heavy atom. The van der Waals surface area contributed by atoms with Crippen molar-refractivity contribution in [3.63, 3.8) is 0 Å². The van der Waals surface area contributed by atoms with Crippen molar-refractivity contribution in [2.45, 2.75) is 56.5 Å². The molecule has 0 saturated heterocycles. The van der Waals surface area contributed by atoms with E-state index in [1.54, 1.807) is 0 Å². The maximum Gasteiger partial charge on any atom is 0.480 e. The molecule has 1 N–H and O–H groups in total. The van der Waals surface area contributed by atoms with Crippen molar-refractivity contribution in [3.05, 3.63) is 4.13 Å². The van der Waals surface area contributed by atoms with Crippen molar-refractivity contribution in [3.8, 4) is 0 Å². The van der Waals surface area contributed by atoms with E-state index in [2.05, 4.69) is 21.0 Å². The van der Waals surface area contributed by atoms with Crippen LogP contribution in [0.3, 0.4) is 0 Å². The van der Waals surface area contributed by atoms with E-state index < -0.39 is 31.1 Å². The molecular formula is C14H28F6N2O5S2. The average Bonchev–Trinajstić information content (AvgIpc) is 2.48. The van der Waals surface area contributed by atoms with Gasteiger partial charge in [0, 0.05) is 0 Å². The number of hydrogen-bond acceptors (Lipinski definition) is 5. The van der Waals surface area contributed by atoms with Gasteiger partial charge in [0.2, 0.25) is 0 Å². The highest BCUT2D eigenvalue weighted by Crippen LogP contribution is 2.36. The number of nitrogens with zero attached hydrogens (tertiary/aromatic N) is 2. The number of hydrogen-bond donors (Lipinski definition) is 1. The van der Waals surface area contributed by atoms with Crippen LogP contribution in [0.25, 0.3) is 4.13 Å². The summed E-state index contributed by atoms with van der Waals surface area (Å²) in [4.78, 5) is 0. The van der Waals surface area contributed by atoms with Crippen LogP contribution in [0.5, 0.6) is 0 Å². The number of alkyl halides is 6. The fourth-order valence-electron chi connectivity index (χ4n) is 1.92. The molecule has 178 valence electrons. The first-order chi connectivity index (χ1) is 12.8. The molecule has 0 fully saturated rings. The quantitative estimate of drug-likeness (QED) is 0.276. The first-order valence-electron chi connectivity index (χ1n) is 8.62. The molecule has 0 heterocycles. The van der Waals surface area contributed by atoms with Crippen molar-refractivity contribution >= 4 is 20.0 Å². The van der Waals surface area contributed by atoms with E-state index in [0.717, 1.165) is 15.2 Å². The second-order valence-electron chi connectivity index (χ2n) is 6.79. The Hall–Kier alpha value is -0.640. The second-order valence-corrected chi connectivity index (χ2v) is 10.2. The lowest BCUT2D eigenvalue weighted by Crippen LogP contribution is -2.42. The summed E-state index contributed by atoms with van der Waals surface area (Å²) in [6, 6.07) is 0. The molecule has 0 aliphatic carbocycles. The maximum atomic E-state index is 11.4. The van der Waals surface area contributed by atoms with Crippen LogP contribution >= 0.6 is 0 Å². The Bertz CT molecular complexity index is 619. The molecule has 0 aromatic carbocycles. The zero-order valence-electron chi connectivity index (χ0n) is 16.4. The summed E-state index contributed by atoms with van der Waals surface area (Å²) in [6.07, 6.45) is 8.14. The van der Waals surface area contributed by atoms with Gasteiger partial charge in [0.1, 0.15) is 6.54 Å². The van der Waals surface area contributed by atoms with Crippen LogP contribution in [0, 0.1) is 0 Å². The number of rotatable bonds is 11. The van der Waals surface area contributed by atoms with Gasteiger partial charge in [-0.25, -0.2) is 16.8 Å². The molecule has 0 atom stereocenters. The molecule has 0 rings (SSSR count). The van der Waals surface area contributed by atoms with Gasteiger partial charge in [-0.15, -0.1) is 0 Å². The van der Waals surface area contributed by atoms with Crippen molar-refractivity contribution in [1.82, 2.24) is 0 Å². The standard InChI is InChI=1S/C12H28NO.C2F6NO4S2/c1-4-5-6-7-8-9-10-13(2,3)11-12-14;3-1(4,5)14(10,11)9-15(12,13)2(6,7)8/h14H,4-12H2,1-3H3;/q+1;-1. The minimum Gasteiger partial charge on any atom is -0.421 e. The Labute approximate surface area is 167 Å². The summed E-state index contributed by atoms with van der Waals surface area (Å²) in [7, 11) is -9.05. The molecule has 29 heavy (non-hydrogen) atoms. The van der Waals surface area contributed by atoms with Crippen molar-refractivity contribution in [2.24, 2.45) is 0 Å². The molecule has 0 radical (unpaired) electrons. The minimum absolute atomic E-state index is 0.308. The first kappa shape index (κ1) is 30.6. The molecule has 0 spiro atoms. The van der Waals surface area contributed by atoms with E-state index in [9.17, 15) is 43.2 Å². The fraction of sp³-hybridized carbons (Fsp3) is 1.00. The van der Waals surface area contributed by atoms with Gasteiger partial charge in [0.05, 0.1) is 27.2 Å². The summed E-state index contributed by atoms with van der Waals surface area (Å²) >= 11 is 0. The Balaban J connectivity index is 0. The molecular weight excluding hydrogens is 454 g/mol. The Kier molecular flexibility index (Phi) is 12.9. The highest BCUT2D eigenvalue weighted by molar-refractivity contribution is 8.13. The lowest BCUT2D eigenvalue weighted by Gasteiger charge is -2.28. The summed E-state index contributed by atoms with van der Waals surface area (Å²) in [5, 5.41) is 8.86. The summed E-state index contributed by atoms with van der Waals surface area (Å²) in [6.45, 7) is 4.64. The van der Waals surface area contributed by atoms with Crippen LogP contribution in [-0.2, 0) is 20.0 Å². The van der Waals surface area contributed by atoms with Crippen molar-refractivity contribution in [1.29, 1.82) is 0 Å². The summed E-state index contributed by atoms with van der Waals surface area (Å²) < 4.78 is 110. The topological polar surface area (TPSA) is 103 Å². The van der Waals surface area contributed by atoms with Crippen LogP contribution in [0.1, 0.15) is 45.4 Å². The van der Waals surface area contributed by atoms with Crippen LogP contribution < -0.4 is 0 Å². The van der Waals surface area contributed by atoms with Crippen LogP contribution in [-0.4, -0.2) is 71.2 Å². The average molecular weight is 483 g/mol. The monoisotopic (exact) mass is 482 g/mol. The van der Waals surface area contributed by atoms with Gasteiger partial charge < -0.3 is 13.7 Å². The van der Waals surface area contributed by atoms with Crippen molar-refractivity contribution < 1.29 is 52.8 Å². The third-order valence-corrected chi connectivity index (χ3v) is 6.34. The molecule has 0 bridgehead atoms. The van der Waals surface area contributed by atoms with Crippen molar-refractivity contribution in [2.75, 3.05) is 33.8 Å². The van der Waals surface area contributed by atoms with E-state index in [1.165, 1.54) is 45.1 Å². The smallest absolute Gasteiger partial charge is 0.421 e. The second kappa shape index (κ2) is 12.3. The molecule has 0 aromatic rings. The molecule has 7 nitrogen and oxygen atoms in total. The third-order valence-electron chi connectivity index (χ3n) is 3.60. The van der Waals surface area contributed by atoms with Gasteiger partial charge in [-0.2, -0.15) is 26.3 Å². The Morgan fingerprint density at radius 3 is 1.48 bits per heavy atom. The molecule has 0 amide bonds. The first-order valence-corrected chi connectivity index (χ1v) is 11.5. The minimum atomic E-state index is -6.72. The molecule has 0 aromatic heterocycles. The molecule has 0 aliphatic rings. The van der Waals surface area contributed by atoms with E-state index in [0.29, 0.717) is 6.61 Å². The molecule has 0 aliphatic heterocycles. The van der Waals surface area contributed by atoms with Crippen LogP contribution in [0.15, 0.2) is 0 Å². The number of halogens is 6. The van der Waals surface area contributed by atoms with Gasteiger partial charge in [-0.3, -0.25) is 0 Å². The largest absolute Gasteiger partial charge is 0.480 e. The number of sulfonamides is 2. The highest BCUT2D eigenvalue weighted by atomic mass is 32.3. The summed E-state index contributed by atoms with van der Waals surface area (Å²) in [5.41, 5.74) is -12.4. The van der Waals surface area contributed by atoms with Gasteiger partial charge in [0.25, 0.3) is 0 Å². The number of aliphatic hydroxyl groups excluding tert-OH is 1. The molecule has 15 heteroatoms. The normalized spacial score (nSPS) is 13.7. The zero-order valence-corrected chi connectivity index (χ0v) is 18.1. The fourth-order valence-corrected chi connectivity index (χ4v) is 3.63. The lowest BCUT2D eigenvalue weighted by atomic mass is 10.1. The number of aliphatic hydroxyl groups is 1. The highest BCUT2D eigenvalue weighted by Gasteiger charge is 2.46. The van der Waals surface area contributed by atoms with E-state index in [1.807, 2.05) is 0 Å². The zero-order chi connectivity index (χ0) is 23.6. The number of unbranched alkanes of at least 4 members (excludes halogenated alkanes) is 5. The third kappa shape index (κ3) is 13.3. The van der Waals surface area contributed by atoms with Gasteiger partial charge in [-0.1, -0.05) is 32.6 Å². The maximum absolute atomic E-state index is 11.4. The van der Waals surface area contributed by atoms with Gasteiger partial charge in [0.15, 0.2) is 20.0 Å². The Morgan fingerprint density at radius 1 is 0.759 bits per heavy atom. The lowest BCUT2D eigenvalue weighted by molar-refractivity contribution is -0.890. The molecule has 0 unspecified atom stereocenters. The van der Waals surface area contributed by atoms with E-state index >= 15 is 0 Å². The van der Waals surface area contributed by atoms with E-state index in [-0.39, 0.29) is 0 Å². The van der Waals surface area contributed by atoms with Crippen LogP contribution in [0.2, 0.25) is 0 Å². The predicted octanol–water partition coefficient (Wildman–Crippen LogP) is 3.47. The van der Waals surface area contributed by atoms with Gasteiger partial charge in [-0.05, 0) is 12.8 Å². The van der Waals surface area contributed by atoms with Crippen LogP contribution in [0.4, 0.5) is 26.3 Å². The predicted molar refractivity (Wildman–Crippen MR) is 95.6 cm³/mol.